The van der Waals surface area contributed by atoms with Crippen LogP contribution in [0.1, 0.15) is 18.4 Å². The second-order valence-corrected chi connectivity index (χ2v) is 6.44. The van der Waals surface area contributed by atoms with E-state index in [1.165, 1.54) is 12.8 Å². The van der Waals surface area contributed by atoms with E-state index in [0.29, 0.717) is 17.0 Å². The Balaban J connectivity index is 0.00000133. The Morgan fingerprint density at radius 2 is 2.00 bits per heavy atom. The summed E-state index contributed by atoms with van der Waals surface area (Å²) in [7, 11) is 0. The van der Waals surface area contributed by atoms with Crippen molar-refractivity contribution < 1.29 is 0 Å². The summed E-state index contributed by atoms with van der Waals surface area (Å²) >= 11 is 12.1. The van der Waals surface area contributed by atoms with Crippen LogP contribution in [0, 0.1) is 11.8 Å². The summed E-state index contributed by atoms with van der Waals surface area (Å²) in [6.07, 6.45) is 2.49. The van der Waals surface area contributed by atoms with Crippen LogP contribution in [0.4, 0.5) is 0 Å². The third-order valence-electron chi connectivity index (χ3n) is 4.40. The first kappa shape index (κ1) is 15.4. The van der Waals surface area contributed by atoms with Crippen molar-refractivity contribution in [3.05, 3.63) is 33.8 Å². The summed E-state index contributed by atoms with van der Waals surface area (Å²) in [6, 6.07) is 6.16. The van der Waals surface area contributed by atoms with E-state index in [-0.39, 0.29) is 12.4 Å². The second-order valence-electron chi connectivity index (χ2n) is 5.59. The van der Waals surface area contributed by atoms with Gasteiger partial charge in [-0.3, -0.25) is 4.90 Å². The normalized spacial score (nSPS) is 30.2. The average molecular weight is 322 g/mol. The Morgan fingerprint density at radius 1 is 1.21 bits per heavy atom. The van der Waals surface area contributed by atoms with Gasteiger partial charge in [-0.15, -0.1) is 12.4 Å². The molecule has 3 rings (SSSR count). The van der Waals surface area contributed by atoms with E-state index in [4.69, 9.17) is 28.9 Å². The molecule has 106 valence electrons. The lowest BCUT2D eigenvalue weighted by Gasteiger charge is -2.19. The highest BCUT2D eigenvalue weighted by Crippen LogP contribution is 2.38. The van der Waals surface area contributed by atoms with Crippen molar-refractivity contribution in [3.63, 3.8) is 0 Å². The third kappa shape index (κ3) is 3.20. The van der Waals surface area contributed by atoms with Crippen LogP contribution >= 0.6 is 35.6 Å². The van der Waals surface area contributed by atoms with Crippen LogP contribution in [0.15, 0.2) is 18.2 Å². The highest BCUT2D eigenvalue weighted by molar-refractivity contribution is 6.35. The van der Waals surface area contributed by atoms with Crippen molar-refractivity contribution in [2.24, 2.45) is 17.6 Å². The van der Waals surface area contributed by atoms with Gasteiger partial charge in [0.05, 0.1) is 0 Å². The number of hydrogen-bond acceptors (Lipinski definition) is 2. The Morgan fingerprint density at radius 3 is 2.68 bits per heavy atom. The minimum Gasteiger partial charge on any atom is -0.327 e. The van der Waals surface area contributed by atoms with Gasteiger partial charge in [0.25, 0.3) is 0 Å². The van der Waals surface area contributed by atoms with Crippen molar-refractivity contribution in [2.75, 3.05) is 13.1 Å². The van der Waals surface area contributed by atoms with Crippen molar-refractivity contribution in [3.8, 4) is 0 Å². The molecule has 3 atom stereocenters. The maximum absolute atomic E-state index is 6.22. The molecule has 2 N–H and O–H groups in total. The first-order valence-electron chi connectivity index (χ1n) is 6.55. The van der Waals surface area contributed by atoms with E-state index < -0.39 is 0 Å². The maximum atomic E-state index is 6.22. The van der Waals surface area contributed by atoms with Crippen molar-refractivity contribution in [1.29, 1.82) is 0 Å². The number of rotatable bonds is 2. The maximum Gasteiger partial charge on any atom is 0.0465 e. The van der Waals surface area contributed by atoms with Gasteiger partial charge in [0.1, 0.15) is 0 Å². The lowest BCUT2D eigenvalue weighted by Crippen LogP contribution is -2.30. The average Bonchev–Trinajstić information content (AvgIpc) is 2.86. The summed E-state index contributed by atoms with van der Waals surface area (Å²) in [5, 5.41) is 1.47. The van der Waals surface area contributed by atoms with Crippen LogP contribution < -0.4 is 5.73 Å². The molecule has 1 aliphatic carbocycles. The fraction of sp³-hybridized carbons (Fsp3) is 0.571. The van der Waals surface area contributed by atoms with E-state index in [1.54, 1.807) is 0 Å². The number of halogens is 3. The lowest BCUT2D eigenvalue weighted by molar-refractivity contribution is 0.298. The molecule has 0 aromatic heterocycles. The summed E-state index contributed by atoms with van der Waals surface area (Å²) in [4.78, 5) is 2.48. The number of hydrogen-bond donors (Lipinski definition) is 1. The molecule has 1 saturated carbocycles. The molecule has 1 aromatic rings. The Kier molecular flexibility index (Phi) is 5.02. The fourth-order valence-electron chi connectivity index (χ4n) is 3.42. The predicted octanol–water partition coefficient (Wildman–Crippen LogP) is 3.58. The number of likely N-dealkylation sites (tertiary alicyclic amines) is 1. The van der Waals surface area contributed by atoms with Gasteiger partial charge in [-0.25, -0.2) is 0 Å². The van der Waals surface area contributed by atoms with Gasteiger partial charge < -0.3 is 5.73 Å². The molecule has 2 nitrogen and oxygen atoms in total. The van der Waals surface area contributed by atoms with Gasteiger partial charge in [0, 0.05) is 35.7 Å². The first-order valence-corrected chi connectivity index (χ1v) is 7.31. The van der Waals surface area contributed by atoms with E-state index >= 15 is 0 Å². The van der Waals surface area contributed by atoms with Crippen molar-refractivity contribution in [2.45, 2.75) is 25.4 Å². The number of benzene rings is 1. The molecule has 0 radical (unpaired) electrons. The third-order valence-corrected chi connectivity index (χ3v) is 4.98. The lowest BCUT2D eigenvalue weighted by atomic mass is 9.98. The zero-order valence-corrected chi connectivity index (χ0v) is 13.0. The fourth-order valence-corrected chi connectivity index (χ4v) is 3.89. The molecule has 3 unspecified atom stereocenters. The Hall–Kier alpha value is 0.01000. The van der Waals surface area contributed by atoms with Gasteiger partial charge in [-0.2, -0.15) is 0 Å². The van der Waals surface area contributed by atoms with E-state index in [9.17, 15) is 0 Å². The molecular formula is C14H19Cl3N2. The monoisotopic (exact) mass is 320 g/mol. The molecule has 19 heavy (non-hydrogen) atoms. The van der Waals surface area contributed by atoms with Crippen LogP contribution in [-0.4, -0.2) is 24.0 Å². The first-order chi connectivity index (χ1) is 8.63. The summed E-state index contributed by atoms with van der Waals surface area (Å²) in [5.41, 5.74) is 7.32. The van der Waals surface area contributed by atoms with Gasteiger partial charge in [-0.05, 0) is 42.4 Å². The molecule has 1 aromatic carbocycles. The number of fused-ring (bicyclic) bond motifs is 1. The number of nitrogens with two attached hydrogens (primary N) is 1. The second kappa shape index (κ2) is 6.19. The Labute approximate surface area is 130 Å². The quantitative estimate of drug-likeness (QED) is 0.902. The molecule has 1 aliphatic heterocycles. The predicted molar refractivity (Wildman–Crippen MR) is 83.2 cm³/mol. The smallest absolute Gasteiger partial charge is 0.0465 e. The van der Waals surface area contributed by atoms with Crippen molar-refractivity contribution in [1.82, 2.24) is 4.90 Å². The highest BCUT2D eigenvalue weighted by atomic mass is 35.5. The van der Waals surface area contributed by atoms with E-state index in [1.807, 2.05) is 18.2 Å². The highest BCUT2D eigenvalue weighted by Gasteiger charge is 2.40. The Bertz CT molecular complexity index is 452. The van der Waals surface area contributed by atoms with Crippen molar-refractivity contribution >= 4 is 35.6 Å². The van der Waals surface area contributed by atoms with Crippen LogP contribution in [0.2, 0.25) is 10.0 Å². The van der Waals surface area contributed by atoms with Gasteiger partial charge in [-0.1, -0.05) is 29.3 Å². The molecule has 1 heterocycles. The largest absolute Gasteiger partial charge is 0.327 e. The molecule has 2 aliphatic rings. The zero-order chi connectivity index (χ0) is 12.7. The molecule has 1 saturated heterocycles. The summed E-state index contributed by atoms with van der Waals surface area (Å²) in [5.74, 6) is 1.49. The summed E-state index contributed by atoms with van der Waals surface area (Å²) in [6.45, 7) is 3.19. The van der Waals surface area contributed by atoms with E-state index in [0.717, 1.165) is 36.1 Å². The molecule has 0 spiro atoms. The van der Waals surface area contributed by atoms with Gasteiger partial charge in [0.15, 0.2) is 0 Å². The van der Waals surface area contributed by atoms with Crippen LogP contribution in [0.5, 0.6) is 0 Å². The molecule has 5 heteroatoms. The van der Waals surface area contributed by atoms with Crippen LogP contribution in [0.3, 0.4) is 0 Å². The SMILES string of the molecule is Cl.NC1CCC2CN(Cc3ccc(Cl)cc3Cl)CC12. The topological polar surface area (TPSA) is 29.3 Å². The molecule has 0 amide bonds. The van der Waals surface area contributed by atoms with E-state index in [2.05, 4.69) is 4.90 Å². The van der Waals surface area contributed by atoms with Crippen LogP contribution in [0.25, 0.3) is 0 Å². The minimum absolute atomic E-state index is 0. The van der Waals surface area contributed by atoms with Crippen LogP contribution in [-0.2, 0) is 6.54 Å². The standard InChI is InChI=1S/C14H18Cl2N2.ClH/c15-11-3-1-10(13(16)5-11)7-18-6-9-2-4-14(17)12(9)8-18;/h1,3,5,9,12,14H,2,4,6-8,17H2;1H. The number of nitrogens with zero attached hydrogens (tertiary/aromatic N) is 1. The van der Waals surface area contributed by atoms with Gasteiger partial charge >= 0.3 is 0 Å². The summed E-state index contributed by atoms with van der Waals surface area (Å²) < 4.78 is 0. The molecular weight excluding hydrogens is 303 g/mol. The minimum atomic E-state index is 0. The molecule has 2 fully saturated rings. The van der Waals surface area contributed by atoms with Gasteiger partial charge in [0.2, 0.25) is 0 Å². The molecule has 0 bridgehead atoms. The zero-order valence-electron chi connectivity index (χ0n) is 10.7.